The van der Waals surface area contributed by atoms with Crippen LogP contribution in [0.3, 0.4) is 0 Å². The van der Waals surface area contributed by atoms with Gasteiger partial charge < -0.3 is 9.53 Å². The van der Waals surface area contributed by atoms with E-state index in [1.807, 2.05) is 0 Å². The van der Waals surface area contributed by atoms with Gasteiger partial charge in [-0.2, -0.15) is 0 Å². The van der Waals surface area contributed by atoms with E-state index in [0.717, 1.165) is 0 Å². The highest BCUT2D eigenvalue weighted by Crippen LogP contribution is 2.37. The second-order valence-corrected chi connectivity index (χ2v) is 4.94. The maximum atomic E-state index is 10.9. The topological polar surface area (TPSA) is 69.4 Å². The lowest BCUT2D eigenvalue weighted by Gasteiger charge is -2.08. The quantitative estimate of drug-likeness (QED) is 0.450. The second kappa shape index (κ2) is 6.70. The number of benzene rings is 1. The Morgan fingerprint density at radius 3 is 2.78 bits per heavy atom. The summed E-state index contributed by atoms with van der Waals surface area (Å²) in [6.07, 6.45) is 0.903. The molecule has 0 aliphatic heterocycles. The smallest absolute Gasteiger partial charge is 0.313 e. The van der Waals surface area contributed by atoms with E-state index in [9.17, 15) is 14.9 Å². The van der Waals surface area contributed by atoms with Crippen LogP contribution in [0.2, 0.25) is 5.02 Å². The van der Waals surface area contributed by atoms with Gasteiger partial charge >= 0.3 is 5.69 Å². The molecule has 0 bridgehead atoms. The SMILES string of the molecule is CC(=O)CCCOc1c(Br)cc(Cl)cc1[N+](=O)[O-]. The molecule has 0 heterocycles. The van der Waals surface area contributed by atoms with Gasteiger partial charge in [0.2, 0.25) is 5.75 Å². The zero-order chi connectivity index (χ0) is 13.7. The Hall–Kier alpha value is -1.14. The second-order valence-electron chi connectivity index (χ2n) is 3.65. The van der Waals surface area contributed by atoms with Gasteiger partial charge in [0.15, 0.2) is 0 Å². The highest BCUT2D eigenvalue weighted by molar-refractivity contribution is 9.10. The molecule has 0 unspecified atom stereocenters. The first-order valence-electron chi connectivity index (χ1n) is 5.17. The molecule has 0 saturated heterocycles. The molecule has 0 saturated carbocycles. The number of rotatable bonds is 6. The van der Waals surface area contributed by atoms with Crippen LogP contribution >= 0.6 is 27.5 Å². The summed E-state index contributed by atoms with van der Waals surface area (Å²) in [4.78, 5) is 21.1. The number of Topliss-reactive ketones (excluding diaryl/α,β-unsaturated/α-hetero) is 1. The van der Waals surface area contributed by atoms with Gasteiger partial charge in [0, 0.05) is 17.5 Å². The van der Waals surface area contributed by atoms with Gasteiger partial charge in [0.25, 0.3) is 0 Å². The Morgan fingerprint density at radius 2 is 2.22 bits per heavy atom. The predicted octanol–water partition coefficient (Wildman–Crippen LogP) is 3.76. The highest BCUT2D eigenvalue weighted by Gasteiger charge is 2.19. The fourth-order valence-electron chi connectivity index (χ4n) is 1.32. The van der Waals surface area contributed by atoms with Crippen molar-refractivity contribution in [3.63, 3.8) is 0 Å². The number of nitro benzene ring substituents is 1. The van der Waals surface area contributed by atoms with E-state index in [1.165, 1.54) is 19.1 Å². The normalized spacial score (nSPS) is 10.2. The number of carbonyl (C=O) groups is 1. The number of hydrogen-bond donors (Lipinski definition) is 0. The van der Waals surface area contributed by atoms with Gasteiger partial charge in [0.05, 0.1) is 16.0 Å². The van der Waals surface area contributed by atoms with Crippen LogP contribution < -0.4 is 4.74 Å². The first-order valence-corrected chi connectivity index (χ1v) is 6.34. The fraction of sp³-hybridized carbons (Fsp3) is 0.364. The van der Waals surface area contributed by atoms with Crippen molar-refractivity contribution in [2.24, 2.45) is 0 Å². The molecule has 0 N–H and O–H groups in total. The Bertz CT molecular complexity index is 478. The molecule has 0 aliphatic carbocycles. The van der Waals surface area contributed by atoms with Crippen molar-refractivity contribution in [1.82, 2.24) is 0 Å². The summed E-state index contributed by atoms with van der Waals surface area (Å²) in [5, 5.41) is 11.1. The number of ether oxygens (including phenoxy) is 1. The first kappa shape index (κ1) is 14.9. The number of hydrogen-bond acceptors (Lipinski definition) is 4. The van der Waals surface area contributed by atoms with Gasteiger partial charge in [-0.1, -0.05) is 11.6 Å². The van der Waals surface area contributed by atoms with Crippen LogP contribution in [-0.2, 0) is 4.79 Å². The molecule has 0 atom stereocenters. The molecule has 0 spiro atoms. The lowest BCUT2D eigenvalue weighted by molar-refractivity contribution is -0.385. The molecule has 0 amide bonds. The molecule has 1 aromatic rings. The third-order valence-electron chi connectivity index (χ3n) is 2.11. The van der Waals surface area contributed by atoms with Crippen LogP contribution in [0.25, 0.3) is 0 Å². The average Bonchev–Trinajstić information content (AvgIpc) is 2.25. The third-order valence-corrected chi connectivity index (χ3v) is 2.91. The standard InChI is InChI=1S/C11H11BrClNO4/c1-7(15)3-2-4-18-11-9(12)5-8(13)6-10(11)14(16)17/h5-6H,2-4H2,1H3. The Morgan fingerprint density at radius 1 is 1.56 bits per heavy atom. The van der Waals surface area contributed by atoms with Crippen molar-refractivity contribution >= 4 is 39.0 Å². The van der Waals surface area contributed by atoms with E-state index in [4.69, 9.17) is 16.3 Å². The first-order chi connectivity index (χ1) is 8.41. The molecule has 0 aromatic heterocycles. The third kappa shape index (κ3) is 4.27. The summed E-state index contributed by atoms with van der Waals surface area (Å²) in [5.41, 5.74) is -0.197. The van der Waals surface area contributed by atoms with Crippen molar-refractivity contribution in [3.8, 4) is 5.75 Å². The number of ketones is 1. The highest BCUT2D eigenvalue weighted by atomic mass is 79.9. The minimum absolute atomic E-state index is 0.0586. The summed E-state index contributed by atoms with van der Waals surface area (Å²) in [6.45, 7) is 1.72. The van der Waals surface area contributed by atoms with Crippen LogP contribution in [0, 0.1) is 10.1 Å². The van der Waals surface area contributed by atoms with E-state index >= 15 is 0 Å². The van der Waals surface area contributed by atoms with E-state index in [0.29, 0.717) is 17.3 Å². The molecule has 1 aromatic carbocycles. The molecule has 0 radical (unpaired) electrons. The van der Waals surface area contributed by atoms with E-state index < -0.39 is 4.92 Å². The molecule has 7 heteroatoms. The van der Waals surface area contributed by atoms with Gasteiger partial charge in [0.1, 0.15) is 5.78 Å². The summed E-state index contributed by atoms with van der Waals surface area (Å²) in [5.74, 6) is 0.191. The fourth-order valence-corrected chi connectivity index (χ4v) is 2.23. The Balaban J connectivity index is 2.80. The average molecular weight is 337 g/mol. The van der Waals surface area contributed by atoms with Crippen molar-refractivity contribution in [2.75, 3.05) is 6.61 Å². The molecular formula is C11H11BrClNO4. The van der Waals surface area contributed by atoms with Crippen molar-refractivity contribution in [2.45, 2.75) is 19.8 Å². The largest absolute Gasteiger partial charge is 0.486 e. The van der Waals surface area contributed by atoms with Gasteiger partial charge in [-0.25, -0.2) is 0 Å². The van der Waals surface area contributed by atoms with Crippen LogP contribution in [0.4, 0.5) is 5.69 Å². The predicted molar refractivity (Wildman–Crippen MR) is 71.2 cm³/mol. The lowest BCUT2D eigenvalue weighted by atomic mass is 10.2. The minimum Gasteiger partial charge on any atom is -0.486 e. The van der Waals surface area contributed by atoms with Gasteiger partial charge in [-0.05, 0) is 35.3 Å². The Labute approximate surface area is 117 Å². The van der Waals surface area contributed by atoms with Crippen LogP contribution in [0.1, 0.15) is 19.8 Å². The van der Waals surface area contributed by atoms with Crippen molar-refractivity contribution in [3.05, 3.63) is 31.7 Å². The molecule has 0 aliphatic rings. The summed E-state index contributed by atoms with van der Waals surface area (Å²) in [7, 11) is 0. The van der Waals surface area contributed by atoms with E-state index in [2.05, 4.69) is 15.9 Å². The number of carbonyl (C=O) groups excluding carboxylic acids is 1. The monoisotopic (exact) mass is 335 g/mol. The van der Waals surface area contributed by atoms with Gasteiger partial charge in [-0.3, -0.25) is 10.1 Å². The summed E-state index contributed by atoms with van der Waals surface area (Å²) in [6, 6.07) is 2.75. The maximum absolute atomic E-state index is 10.9. The number of nitrogens with zero attached hydrogens (tertiary/aromatic N) is 1. The molecule has 0 fully saturated rings. The molecule has 98 valence electrons. The summed E-state index contributed by atoms with van der Waals surface area (Å²) < 4.78 is 5.76. The van der Waals surface area contributed by atoms with Gasteiger partial charge in [-0.15, -0.1) is 0 Å². The van der Waals surface area contributed by atoms with E-state index in [1.54, 1.807) is 0 Å². The number of halogens is 2. The zero-order valence-electron chi connectivity index (χ0n) is 9.61. The molecule has 5 nitrogen and oxygen atoms in total. The molecular weight excluding hydrogens is 325 g/mol. The van der Waals surface area contributed by atoms with Crippen LogP contribution in [-0.4, -0.2) is 17.3 Å². The number of nitro groups is 1. The van der Waals surface area contributed by atoms with Crippen LogP contribution in [0.5, 0.6) is 5.75 Å². The zero-order valence-corrected chi connectivity index (χ0v) is 12.0. The van der Waals surface area contributed by atoms with Crippen LogP contribution in [0.15, 0.2) is 16.6 Å². The molecule has 1 rings (SSSR count). The van der Waals surface area contributed by atoms with Crippen molar-refractivity contribution in [1.29, 1.82) is 0 Å². The van der Waals surface area contributed by atoms with Crippen molar-refractivity contribution < 1.29 is 14.5 Å². The lowest BCUT2D eigenvalue weighted by Crippen LogP contribution is -2.03. The molecule has 18 heavy (non-hydrogen) atoms. The Kier molecular flexibility index (Phi) is 5.55. The maximum Gasteiger partial charge on any atom is 0.313 e. The summed E-state index contributed by atoms with van der Waals surface area (Å²) >= 11 is 8.90. The van der Waals surface area contributed by atoms with E-state index in [-0.39, 0.29) is 28.8 Å². The minimum atomic E-state index is -0.559.